The van der Waals surface area contributed by atoms with Gasteiger partial charge in [0.1, 0.15) is 32.3 Å². The Morgan fingerprint density at radius 3 is 1.52 bits per heavy atom. The molecule has 0 fully saturated rings. The van der Waals surface area contributed by atoms with Gasteiger partial charge in [0.05, 0.1) is 16.5 Å². The Kier molecular flexibility index (Phi) is 7.54. The number of rotatable bonds is 3. The molecule has 1 aliphatic carbocycles. The second-order valence-electron chi connectivity index (χ2n) is 18.4. The van der Waals surface area contributed by atoms with Gasteiger partial charge in [-0.15, -0.1) is 22.7 Å². The molecule has 0 atom stereocenters. The van der Waals surface area contributed by atoms with Gasteiger partial charge in [-0.3, -0.25) is 0 Å². The highest BCUT2D eigenvalue weighted by molar-refractivity contribution is 7.17. The number of furan rings is 1. The zero-order chi connectivity index (χ0) is 41.6. The van der Waals surface area contributed by atoms with Gasteiger partial charge < -0.3 is 9.32 Å². The molecule has 3 aliphatic rings. The van der Waals surface area contributed by atoms with Gasteiger partial charge in [-0.05, 0) is 102 Å². The molecule has 13 rings (SSSR count). The van der Waals surface area contributed by atoms with Crippen molar-refractivity contribution in [3.8, 4) is 0 Å². The van der Waals surface area contributed by atoms with E-state index in [1.807, 2.05) is 22.7 Å². The van der Waals surface area contributed by atoms with Crippen molar-refractivity contribution < 1.29 is 4.42 Å². The smallest absolute Gasteiger partial charge is 0.137 e. The lowest BCUT2D eigenvalue weighted by Gasteiger charge is -2.54. The van der Waals surface area contributed by atoms with Crippen LogP contribution in [0.25, 0.3) is 21.9 Å². The summed E-state index contributed by atoms with van der Waals surface area (Å²) < 4.78 is 6.59. The van der Waals surface area contributed by atoms with Crippen LogP contribution in [0.15, 0.2) is 192 Å². The third-order valence-electron chi connectivity index (χ3n) is 14.7. The molecule has 0 saturated heterocycles. The molecule has 7 aromatic carbocycles. The Morgan fingerprint density at radius 1 is 0.419 bits per heavy atom. The lowest BCUT2D eigenvalue weighted by molar-refractivity contribution is 0.646. The van der Waals surface area contributed by atoms with Gasteiger partial charge in [-0.2, -0.15) is 0 Å². The molecule has 3 aromatic heterocycles. The van der Waals surface area contributed by atoms with Crippen LogP contribution in [-0.2, 0) is 10.8 Å². The zero-order valence-corrected chi connectivity index (χ0v) is 38.7. The first-order valence-electron chi connectivity index (χ1n) is 21.7. The number of fused-ring (bicyclic) bond motifs is 17. The predicted octanol–water partition coefficient (Wildman–Crippen LogP) is 12.5. The lowest BCUT2D eigenvalue weighted by Crippen LogP contribution is -2.66. The largest absolute Gasteiger partial charge is 0.456 e. The Labute approximate surface area is 372 Å². The average molecular weight is 866 g/mol. The van der Waals surface area contributed by atoms with Crippen molar-refractivity contribution >= 4 is 97.9 Å². The molecule has 0 radical (unpaired) electrons. The van der Waals surface area contributed by atoms with E-state index in [1.165, 1.54) is 68.9 Å². The molecule has 10 aromatic rings. The van der Waals surface area contributed by atoms with Crippen molar-refractivity contribution in [2.45, 2.75) is 37.0 Å². The van der Waals surface area contributed by atoms with Gasteiger partial charge in [0.2, 0.25) is 0 Å². The fourth-order valence-electron chi connectivity index (χ4n) is 12.1. The average Bonchev–Trinajstić information content (AvgIpc) is 4.07. The van der Waals surface area contributed by atoms with Crippen LogP contribution in [0.3, 0.4) is 0 Å². The predicted molar refractivity (Wildman–Crippen MR) is 268 cm³/mol. The van der Waals surface area contributed by atoms with E-state index in [0.29, 0.717) is 0 Å². The van der Waals surface area contributed by atoms with Crippen LogP contribution in [-0.4, -0.2) is 16.1 Å². The Hall–Kier alpha value is -6.03. The number of benzene rings is 7. The molecule has 2 aliphatic heterocycles. The van der Waals surface area contributed by atoms with Crippen LogP contribution >= 0.6 is 22.7 Å². The van der Waals surface area contributed by atoms with E-state index in [9.17, 15) is 0 Å². The van der Waals surface area contributed by atoms with Crippen LogP contribution < -0.4 is 25.6 Å². The molecule has 0 saturated carbocycles. The lowest BCUT2D eigenvalue weighted by atomic mass is 9.55. The molecule has 0 amide bonds. The van der Waals surface area contributed by atoms with Crippen molar-refractivity contribution in [2.24, 2.45) is 0 Å². The van der Waals surface area contributed by atoms with Gasteiger partial charge in [0.25, 0.3) is 0 Å². The van der Waals surface area contributed by atoms with Gasteiger partial charge in [0, 0.05) is 32.3 Å². The zero-order valence-electron chi connectivity index (χ0n) is 35.1. The number of hydrogen-bond donors (Lipinski definition) is 0. The highest BCUT2D eigenvalue weighted by atomic mass is 32.1. The summed E-state index contributed by atoms with van der Waals surface area (Å²) in [6.45, 7) is 10.2. The van der Waals surface area contributed by atoms with Crippen LogP contribution in [0.5, 0.6) is 0 Å². The molecular formula is C56H43NOS2Si2. The molecule has 0 unspecified atom stereocenters. The highest BCUT2D eigenvalue weighted by Gasteiger charge is 2.62. The summed E-state index contributed by atoms with van der Waals surface area (Å²) >= 11 is 3.94. The first-order chi connectivity index (χ1) is 30.3. The SMILES string of the molecule is C[Si]1(C)c2ccccc2C2(c3ccccc31)c1cc(N(c3ccccc3)c3ccc4c(c3)oc3ccccc34)sc1C1(c3ccccc3[Si](C)(C)c3ccccc31)c1ccsc12. The summed E-state index contributed by atoms with van der Waals surface area (Å²) in [6, 6.07) is 69.3. The maximum Gasteiger partial charge on any atom is 0.137 e. The summed E-state index contributed by atoms with van der Waals surface area (Å²) in [7, 11) is -4.23. The van der Waals surface area contributed by atoms with Crippen LogP contribution in [0.2, 0.25) is 26.2 Å². The Balaban J connectivity index is 1.20. The van der Waals surface area contributed by atoms with Gasteiger partial charge in [0.15, 0.2) is 0 Å². The number of hydrogen-bond acceptors (Lipinski definition) is 4. The maximum atomic E-state index is 6.59. The summed E-state index contributed by atoms with van der Waals surface area (Å²) in [5, 5.41) is 12.0. The topological polar surface area (TPSA) is 16.4 Å². The molecule has 6 heteroatoms. The molecule has 2 spiro atoms. The van der Waals surface area contributed by atoms with E-state index in [0.717, 1.165) is 33.3 Å². The molecule has 2 nitrogen and oxygen atoms in total. The maximum absolute atomic E-state index is 6.59. The fourth-order valence-corrected chi connectivity index (χ4v) is 21.2. The number of thiophene rings is 2. The van der Waals surface area contributed by atoms with Gasteiger partial charge >= 0.3 is 0 Å². The fraction of sp³-hybridized carbons (Fsp3) is 0.107. The van der Waals surface area contributed by atoms with Crippen LogP contribution in [0.1, 0.15) is 43.1 Å². The van der Waals surface area contributed by atoms with E-state index in [-0.39, 0.29) is 0 Å². The summed E-state index contributed by atoms with van der Waals surface area (Å²) in [4.78, 5) is 5.35. The van der Waals surface area contributed by atoms with E-state index >= 15 is 0 Å². The minimum absolute atomic E-state index is 0.520. The molecule has 0 bridgehead atoms. The quantitative estimate of drug-likeness (QED) is 0.165. The van der Waals surface area contributed by atoms with E-state index in [2.05, 4.69) is 218 Å². The van der Waals surface area contributed by atoms with Crippen molar-refractivity contribution in [3.05, 3.63) is 231 Å². The normalized spacial score (nSPS) is 16.6. The van der Waals surface area contributed by atoms with Gasteiger partial charge in [-0.25, -0.2) is 0 Å². The second-order valence-corrected chi connectivity index (χ2v) is 29.0. The van der Waals surface area contributed by atoms with Crippen LogP contribution in [0, 0.1) is 0 Å². The summed E-state index contributed by atoms with van der Waals surface area (Å²) in [5.41, 5.74) is 11.6. The number of anilines is 3. The van der Waals surface area contributed by atoms with Crippen molar-refractivity contribution in [1.82, 2.24) is 0 Å². The first-order valence-corrected chi connectivity index (χ1v) is 29.4. The molecule has 0 N–H and O–H groups in total. The highest BCUT2D eigenvalue weighted by Crippen LogP contribution is 2.65. The molecule has 5 heterocycles. The van der Waals surface area contributed by atoms with Gasteiger partial charge in [-0.1, -0.05) is 160 Å². The van der Waals surface area contributed by atoms with E-state index < -0.39 is 27.0 Å². The third-order valence-corrected chi connectivity index (χ3v) is 24.2. The van der Waals surface area contributed by atoms with Crippen LogP contribution in [0.4, 0.5) is 16.4 Å². The van der Waals surface area contributed by atoms with Crippen molar-refractivity contribution in [3.63, 3.8) is 0 Å². The number of nitrogens with zero attached hydrogens (tertiary/aromatic N) is 1. The van der Waals surface area contributed by atoms with E-state index in [1.54, 1.807) is 0 Å². The monoisotopic (exact) mass is 865 g/mol. The van der Waals surface area contributed by atoms with E-state index in [4.69, 9.17) is 4.42 Å². The van der Waals surface area contributed by atoms with Crippen molar-refractivity contribution in [1.29, 1.82) is 0 Å². The second kappa shape index (κ2) is 12.8. The molecule has 62 heavy (non-hydrogen) atoms. The summed E-state index contributed by atoms with van der Waals surface area (Å²) in [5.74, 6) is 0. The number of para-hydroxylation sites is 2. The standard InChI is InChI=1S/C56H43NOS2Si2/c1-61(2)48-26-14-9-21-40(48)55(41-22-10-15-27-49(41)61)44-32-33-59-53(44)56(42-23-11-16-28-50(42)62(3,4)51-29-17-12-24-43(51)56)45-35-52(60-54(45)55)57(36-18-6-5-7-19-36)37-30-31-39-38-20-8-13-25-46(38)58-47(39)34-37/h5-35H,1-4H3. The first kappa shape index (κ1) is 36.6. The Bertz CT molecular complexity index is 3220. The minimum atomic E-state index is -2.11. The third kappa shape index (κ3) is 4.47. The minimum Gasteiger partial charge on any atom is -0.456 e. The molecular weight excluding hydrogens is 823 g/mol. The van der Waals surface area contributed by atoms with Crippen molar-refractivity contribution in [2.75, 3.05) is 4.90 Å². The summed E-state index contributed by atoms with van der Waals surface area (Å²) in [6.07, 6.45) is 0. The Morgan fingerprint density at radius 2 is 0.919 bits per heavy atom. The molecule has 298 valence electrons.